The number of allylic oxidation sites excluding steroid dienone is 1. The zero-order chi connectivity index (χ0) is 19.2. The number of rotatable bonds is 7. The normalized spacial score (nSPS) is 11.5. The summed E-state index contributed by atoms with van der Waals surface area (Å²) >= 11 is 1.25. The molecule has 0 unspecified atom stereocenters. The molecule has 136 valence electrons. The lowest BCUT2D eigenvalue weighted by Crippen LogP contribution is -2.10. The third-order valence-electron chi connectivity index (χ3n) is 3.48. The Morgan fingerprint density at radius 1 is 1.44 bits per heavy atom. The second-order valence-corrected chi connectivity index (χ2v) is 6.18. The number of carbonyl (C=O) groups excluding carboxylic acids is 1. The minimum atomic E-state index is -0.702. The molecule has 3 N–H and O–H groups in total. The number of ether oxygens (including phenoxy) is 1. The Bertz CT molecular complexity index is 1030. The van der Waals surface area contributed by atoms with E-state index in [4.69, 9.17) is 4.74 Å². The summed E-state index contributed by atoms with van der Waals surface area (Å²) in [5.74, 6) is -0.895. The van der Waals surface area contributed by atoms with Crippen molar-refractivity contribution in [3.8, 4) is 6.07 Å². The van der Waals surface area contributed by atoms with E-state index in [1.807, 2.05) is 18.2 Å². The molecule has 0 aliphatic rings. The number of H-pyrrole nitrogens is 1. The number of aromatic nitrogens is 3. The first-order valence-corrected chi connectivity index (χ1v) is 8.75. The number of imidazole rings is 1. The van der Waals surface area contributed by atoms with Gasteiger partial charge < -0.3 is 20.1 Å². The number of esters is 1. The highest BCUT2D eigenvalue weighted by molar-refractivity contribution is 7.13. The summed E-state index contributed by atoms with van der Waals surface area (Å²) in [6.07, 6.45) is 1.67. The van der Waals surface area contributed by atoms with Crippen molar-refractivity contribution in [1.29, 1.82) is 5.26 Å². The van der Waals surface area contributed by atoms with E-state index in [0.29, 0.717) is 17.2 Å². The molecule has 8 nitrogen and oxygen atoms in total. The van der Waals surface area contributed by atoms with Crippen molar-refractivity contribution < 1.29 is 14.6 Å². The van der Waals surface area contributed by atoms with Gasteiger partial charge in [0.2, 0.25) is 0 Å². The lowest BCUT2D eigenvalue weighted by Gasteiger charge is -2.04. The van der Waals surface area contributed by atoms with Crippen molar-refractivity contribution in [2.24, 2.45) is 0 Å². The van der Waals surface area contributed by atoms with Crippen LogP contribution in [0.15, 0.2) is 48.1 Å². The molecule has 9 heteroatoms. The van der Waals surface area contributed by atoms with Gasteiger partial charge in [-0.1, -0.05) is 18.2 Å². The molecule has 2 aromatic heterocycles. The lowest BCUT2D eigenvalue weighted by atomic mass is 10.2. The maximum Gasteiger partial charge on any atom is 0.358 e. The number of nitrogens with one attached hydrogen (secondary N) is 2. The van der Waals surface area contributed by atoms with E-state index in [2.05, 4.69) is 26.8 Å². The van der Waals surface area contributed by atoms with E-state index < -0.39 is 18.3 Å². The Morgan fingerprint density at radius 2 is 2.26 bits per heavy atom. The van der Waals surface area contributed by atoms with Gasteiger partial charge in [-0.25, -0.2) is 14.8 Å². The van der Waals surface area contributed by atoms with Crippen LogP contribution in [0.2, 0.25) is 0 Å². The van der Waals surface area contributed by atoms with Crippen LogP contribution in [0, 0.1) is 11.3 Å². The molecule has 0 saturated heterocycles. The molecule has 27 heavy (non-hydrogen) atoms. The predicted octanol–water partition coefficient (Wildman–Crippen LogP) is 3.27. The molecular weight excluding hydrogens is 366 g/mol. The number of nitrogens with zero attached hydrogens (tertiary/aromatic N) is 3. The van der Waals surface area contributed by atoms with Crippen LogP contribution in [0.1, 0.15) is 16.3 Å². The maximum atomic E-state index is 12.1. The van der Waals surface area contributed by atoms with Crippen LogP contribution < -0.4 is 5.32 Å². The summed E-state index contributed by atoms with van der Waals surface area (Å²) in [6, 6.07) is 9.11. The highest BCUT2D eigenvalue weighted by atomic mass is 32.1. The smallest absolute Gasteiger partial charge is 0.358 e. The van der Waals surface area contributed by atoms with Crippen LogP contribution in [-0.2, 0) is 4.74 Å². The van der Waals surface area contributed by atoms with Gasteiger partial charge in [-0.2, -0.15) is 5.26 Å². The van der Waals surface area contributed by atoms with Crippen LogP contribution in [0.25, 0.3) is 16.6 Å². The molecule has 0 bridgehead atoms. The van der Waals surface area contributed by atoms with Crippen LogP contribution in [0.4, 0.5) is 5.13 Å². The summed E-state index contributed by atoms with van der Waals surface area (Å²) in [4.78, 5) is 23.3. The fourth-order valence-electron chi connectivity index (χ4n) is 2.21. The molecule has 0 fully saturated rings. The molecule has 0 radical (unpaired) electrons. The highest BCUT2D eigenvalue weighted by Crippen LogP contribution is 2.20. The highest BCUT2D eigenvalue weighted by Gasteiger charge is 2.17. The average Bonchev–Trinajstić information content (AvgIpc) is 3.31. The summed E-state index contributed by atoms with van der Waals surface area (Å²) < 4.78 is 5.04. The van der Waals surface area contributed by atoms with E-state index in [1.54, 1.807) is 23.6 Å². The molecule has 0 aliphatic carbocycles. The Balaban J connectivity index is 1.71. The van der Waals surface area contributed by atoms with Crippen molar-refractivity contribution in [2.75, 3.05) is 18.5 Å². The zero-order valence-corrected chi connectivity index (χ0v) is 14.9. The molecular formula is C18H15N5O3S. The number of para-hydroxylation sites is 2. The quantitative estimate of drug-likeness (QED) is 0.248. The van der Waals surface area contributed by atoms with Gasteiger partial charge in [0, 0.05) is 11.9 Å². The van der Waals surface area contributed by atoms with Crippen molar-refractivity contribution >= 4 is 39.0 Å². The number of aliphatic hydroxyl groups is 1. The van der Waals surface area contributed by atoms with Gasteiger partial charge >= 0.3 is 5.97 Å². The van der Waals surface area contributed by atoms with Gasteiger partial charge in [-0.15, -0.1) is 17.9 Å². The SMILES string of the molecule is C=CCNc1nc(C(=O)OC/C(O)=C(\C#N)c2nc3ccccc3[nH]2)cs1. The van der Waals surface area contributed by atoms with E-state index in [-0.39, 0.29) is 17.1 Å². The van der Waals surface area contributed by atoms with Crippen molar-refractivity contribution in [2.45, 2.75) is 0 Å². The number of aromatic amines is 1. The van der Waals surface area contributed by atoms with E-state index in [0.717, 1.165) is 5.52 Å². The minimum Gasteiger partial charge on any atom is -0.507 e. The molecule has 3 rings (SSSR count). The molecule has 0 aliphatic heterocycles. The second kappa shape index (κ2) is 8.16. The zero-order valence-electron chi connectivity index (χ0n) is 14.1. The monoisotopic (exact) mass is 381 g/mol. The third kappa shape index (κ3) is 4.13. The molecule has 0 amide bonds. The summed E-state index contributed by atoms with van der Waals surface area (Å²) in [7, 11) is 0. The number of carbonyl (C=O) groups is 1. The summed E-state index contributed by atoms with van der Waals surface area (Å²) in [5, 5.41) is 24.6. The van der Waals surface area contributed by atoms with Crippen molar-refractivity contribution in [1.82, 2.24) is 15.0 Å². The fourth-order valence-corrected chi connectivity index (χ4v) is 2.90. The Morgan fingerprint density at radius 3 is 3.00 bits per heavy atom. The number of anilines is 1. The molecule has 3 aromatic rings. The standard InChI is InChI=1S/C18H15N5O3S/c1-2-7-20-18-23-14(10-27-18)17(25)26-9-15(24)11(8-19)16-21-12-5-3-4-6-13(12)22-16/h2-6,10,24H,1,7,9H2,(H,20,23)(H,21,22)/b15-11-. The van der Waals surface area contributed by atoms with Gasteiger partial charge in [-0.05, 0) is 12.1 Å². The van der Waals surface area contributed by atoms with Crippen LogP contribution in [0.3, 0.4) is 0 Å². The van der Waals surface area contributed by atoms with Gasteiger partial charge in [-0.3, -0.25) is 0 Å². The minimum absolute atomic E-state index is 0.0920. The fraction of sp³-hybridized carbons (Fsp3) is 0.111. The number of hydrogen-bond donors (Lipinski definition) is 3. The number of thiazole rings is 1. The van der Waals surface area contributed by atoms with Crippen molar-refractivity contribution in [3.63, 3.8) is 0 Å². The van der Waals surface area contributed by atoms with Crippen molar-refractivity contribution in [3.05, 3.63) is 59.6 Å². The number of hydrogen-bond acceptors (Lipinski definition) is 8. The number of nitriles is 1. The first kappa shape index (κ1) is 18.2. The Labute approximate surface area is 158 Å². The molecule has 1 aromatic carbocycles. The average molecular weight is 381 g/mol. The van der Waals surface area contributed by atoms with Crippen LogP contribution in [0.5, 0.6) is 0 Å². The van der Waals surface area contributed by atoms with Gasteiger partial charge in [0.15, 0.2) is 22.4 Å². The molecule has 2 heterocycles. The number of fused-ring (bicyclic) bond motifs is 1. The molecule has 0 saturated carbocycles. The first-order valence-electron chi connectivity index (χ1n) is 7.87. The second-order valence-electron chi connectivity index (χ2n) is 5.32. The van der Waals surface area contributed by atoms with E-state index in [9.17, 15) is 15.2 Å². The number of aliphatic hydroxyl groups excluding tert-OH is 1. The van der Waals surface area contributed by atoms with Gasteiger partial charge in [0.1, 0.15) is 18.2 Å². The topological polar surface area (TPSA) is 124 Å². The molecule has 0 spiro atoms. The summed E-state index contributed by atoms with van der Waals surface area (Å²) in [5.41, 5.74) is 1.41. The maximum absolute atomic E-state index is 12.1. The van der Waals surface area contributed by atoms with E-state index in [1.165, 1.54) is 11.3 Å². The molecule has 0 atom stereocenters. The Hall–Kier alpha value is -3.64. The van der Waals surface area contributed by atoms with Crippen LogP contribution >= 0.6 is 11.3 Å². The largest absolute Gasteiger partial charge is 0.507 e. The van der Waals surface area contributed by atoms with E-state index >= 15 is 0 Å². The number of benzene rings is 1. The predicted molar refractivity (Wildman–Crippen MR) is 102 cm³/mol. The summed E-state index contributed by atoms with van der Waals surface area (Å²) in [6.45, 7) is 3.64. The first-order chi connectivity index (χ1) is 13.1. The van der Waals surface area contributed by atoms with Gasteiger partial charge in [0.25, 0.3) is 0 Å². The Kier molecular flexibility index (Phi) is 5.49. The van der Waals surface area contributed by atoms with Gasteiger partial charge in [0.05, 0.1) is 11.0 Å². The van der Waals surface area contributed by atoms with Crippen LogP contribution in [-0.4, -0.2) is 39.2 Å². The third-order valence-corrected chi connectivity index (χ3v) is 4.28. The lowest BCUT2D eigenvalue weighted by molar-refractivity contribution is 0.0497.